The van der Waals surface area contributed by atoms with E-state index < -0.39 is 0 Å². The van der Waals surface area contributed by atoms with Crippen molar-refractivity contribution in [3.05, 3.63) is 23.5 Å². The lowest BCUT2D eigenvalue weighted by Crippen LogP contribution is -2.16. The van der Waals surface area contributed by atoms with Crippen molar-refractivity contribution in [2.75, 3.05) is 6.54 Å². The molecule has 2 rings (SSSR count). The Morgan fingerprint density at radius 2 is 2.29 bits per heavy atom. The molecule has 1 saturated carbocycles. The zero-order valence-corrected chi connectivity index (χ0v) is 8.04. The molecule has 1 aliphatic carbocycles. The minimum absolute atomic E-state index is 0.268. The summed E-state index contributed by atoms with van der Waals surface area (Å²) in [5.74, 6) is 0.709. The standard InChI is InChI=1S/C10H14FN3/c11-8-6-13-9(4-5-12)14-10(8)7-2-1-3-7/h6-7H,1-5,12H2. The monoisotopic (exact) mass is 195 g/mol. The van der Waals surface area contributed by atoms with E-state index in [1.807, 2.05) is 0 Å². The minimum atomic E-state index is -0.268. The highest BCUT2D eigenvalue weighted by molar-refractivity contribution is 5.13. The van der Waals surface area contributed by atoms with Crippen LogP contribution in [0.25, 0.3) is 0 Å². The Morgan fingerprint density at radius 1 is 1.50 bits per heavy atom. The molecule has 1 fully saturated rings. The van der Waals surface area contributed by atoms with Gasteiger partial charge < -0.3 is 5.73 Å². The molecule has 4 heteroatoms. The first-order valence-electron chi connectivity index (χ1n) is 5.02. The van der Waals surface area contributed by atoms with Crippen LogP contribution in [0.1, 0.15) is 36.7 Å². The SMILES string of the molecule is NCCc1ncc(F)c(C2CCC2)n1. The quantitative estimate of drug-likeness (QED) is 0.792. The van der Waals surface area contributed by atoms with Crippen molar-refractivity contribution in [3.63, 3.8) is 0 Å². The van der Waals surface area contributed by atoms with Crippen molar-refractivity contribution in [3.8, 4) is 0 Å². The second-order valence-electron chi connectivity index (χ2n) is 3.69. The highest BCUT2D eigenvalue weighted by Gasteiger charge is 2.24. The van der Waals surface area contributed by atoms with Crippen molar-refractivity contribution in [2.45, 2.75) is 31.6 Å². The summed E-state index contributed by atoms with van der Waals surface area (Å²) in [5, 5.41) is 0. The Balaban J connectivity index is 2.22. The second-order valence-corrected chi connectivity index (χ2v) is 3.69. The highest BCUT2D eigenvalue weighted by Crippen LogP contribution is 2.36. The van der Waals surface area contributed by atoms with E-state index in [1.165, 1.54) is 12.6 Å². The molecule has 0 aromatic carbocycles. The molecule has 0 spiro atoms. The van der Waals surface area contributed by atoms with Crippen LogP contribution in [0.2, 0.25) is 0 Å². The fourth-order valence-electron chi connectivity index (χ4n) is 1.64. The summed E-state index contributed by atoms with van der Waals surface area (Å²) in [6, 6.07) is 0. The van der Waals surface area contributed by atoms with Gasteiger partial charge in [0.1, 0.15) is 5.82 Å². The van der Waals surface area contributed by atoms with E-state index in [0.717, 1.165) is 12.8 Å². The van der Waals surface area contributed by atoms with E-state index in [1.54, 1.807) is 0 Å². The summed E-state index contributed by atoms with van der Waals surface area (Å²) in [4.78, 5) is 8.12. The zero-order valence-electron chi connectivity index (χ0n) is 8.04. The van der Waals surface area contributed by atoms with E-state index >= 15 is 0 Å². The maximum absolute atomic E-state index is 13.3. The average Bonchev–Trinajstić information content (AvgIpc) is 2.08. The molecule has 0 amide bonds. The van der Waals surface area contributed by atoms with Crippen molar-refractivity contribution >= 4 is 0 Å². The van der Waals surface area contributed by atoms with Gasteiger partial charge in [0.05, 0.1) is 11.9 Å². The van der Waals surface area contributed by atoms with Crippen molar-refractivity contribution in [1.29, 1.82) is 0 Å². The number of hydrogen-bond acceptors (Lipinski definition) is 3. The largest absolute Gasteiger partial charge is 0.330 e. The molecule has 1 aliphatic rings. The third-order valence-corrected chi connectivity index (χ3v) is 2.68. The van der Waals surface area contributed by atoms with Crippen molar-refractivity contribution in [1.82, 2.24) is 9.97 Å². The fraction of sp³-hybridized carbons (Fsp3) is 0.600. The summed E-state index contributed by atoms with van der Waals surface area (Å²) in [6.07, 6.45) is 5.18. The van der Waals surface area contributed by atoms with Gasteiger partial charge in [-0.15, -0.1) is 0 Å². The Bertz CT molecular complexity index is 323. The van der Waals surface area contributed by atoms with E-state index in [2.05, 4.69) is 9.97 Å². The van der Waals surface area contributed by atoms with E-state index in [0.29, 0.717) is 30.4 Å². The molecule has 3 nitrogen and oxygen atoms in total. The van der Waals surface area contributed by atoms with Gasteiger partial charge in [0, 0.05) is 12.3 Å². The molecule has 14 heavy (non-hydrogen) atoms. The van der Waals surface area contributed by atoms with Gasteiger partial charge in [0.2, 0.25) is 0 Å². The zero-order chi connectivity index (χ0) is 9.97. The number of halogens is 1. The molecule has 0 unspecified atom stereocenters. The first kappa shape index (κ1) is 9.52. The predicted molar refractivity (Wildman–Crippen MR) is 51.3 cm³/mol. The summed E-state index contributed by atoms with van der Waals surface area (Å²) in [5.41, 5.74) is 5.99. The Labute approximate surface area is 82.6 Å². The first-order valence-corrected chi connectivity index (χ1v) is 5.02. The molecule has 0 aliphatic heterocycles. The molecule has 0 radical (unpaired) electrons. The van der Waals surface area contributed by atoms with Crippen LogP contribution in [-0.2, 0) is 6.42 Å². The third-order valence-electron chi connectivity index (χ3n) is 2.68. The normalized spacial score (nSPS) is 16.7. The van der Waals surface area contributed by atoms with Crippen LogP contribution in [0, 0.1) is 5.82 Å². The van der Waals surface area contributed by atoms with Crippen LogP contribution in [0.4, 0.5) is 4.39 Å². The van der Waals surface area contributed by atoms with Gasteiger partial charge in [-0.25, -0.2) is 14.4 Å². The van der Waals surface area contributed by atoms with Gasteiger partial charge in [-0.1, -0.05) is 6.42 Å². The number of nitrogens with zero attached hydrogens (tertiary/aromatic N) is 2. The van der Waals surface area contributed by atoms with E-state index in [4.69, 9.17) is 5.73 Å². The van der Waals surface area contributed by atoms with Crippen LogP contribution < -0.4 is 5.73 Å². The Hall–Kier alpha value is -1.03. The van der Waals surface area contributed by atoms with Crippen LogP contribution >= 0.6 is 0 Å². The molecule has 1 aromatic rings. The summed E-state index contributed by atoms with van der Waals surface area (Å²) in [6.45, 7) is 0.510. The summed E-state index contributed by atoms with van der Waals surface area (Å²) in [7, 11) is 0. The molecule has 1 aromatic heterocycles. The van der Waals surface area contributed by atoms with Crippen molar-refractivity contribution in [2.24, 2.45) is 5.73 Å². The number of aromatic nitrogens is 2. The second kappa shape index (κ2) is 4.00. The lowest BCUT2D eigenvalue weighted by atomic mass is 9.82. The number of hydrogen-bond donors (Lipinski definition) is 1. The fourth-order valence-corrected chi connectivity index (χ4v) is 1.64. The van der Waals surface area contributed by atoms with Crippen LogP contribution in [-0.4, -0.2) is 16.5 Å². The topological polar surface area (TPSA) is 51.8 Å². The van der Waals surface area contributed by atoms with Gasteiger partial charge >= 0.3 is 0 Å². The lowest BCUT2D eigenvalue weighted by molar-refractivity contribution is 0.391. The summed E-state index contributed by atoms with van der Waals surface area (Å²) >= 11 is 0. The number of rotatable bonds is 3. The van der Waals surface area contributed by atoms with Crippen LogP contribution in [0.3, 0.4) is 0 Å². The van der Waals surface area contributed by atoms with Crippen molar-refractivity contribution < 1.29 is 4.39 Å². The van der Waals surface area contributed by atoms with Gasteiger partial charge in [-0.05, 0) is 19.4 Å². The van der Waals surface area contributed by atoms with Crippen LogP contribution in [0.15, 0.2) is 6.20 Å². The smallest absolute Gasteiger partial charge is 0.163 e. The van der Waals surface area contributed by atoms with Gasteiger partial charge in [-0.3, -0.25) is 0 Å². The van der Waals surface area contributed by atoms with Crippen LogP contribution in [0.5, 0.6) is 0 Å². The molecule has 0 bridgehead atoms. The Kier molecular flexibility index (Phi) is 2.72. The third kappa shape index (κ3) is 1.75. The first-order chi connectivity index (χ1) is 6.81. The molecular weight excluding hydrogens is 181 g/mol. The Morgan fingerprint density at radius 3 is 2.86 bits per heavy atom. The van der Waals surface area contributed by atoms with Gasteiger partial charge in [0.15, 0.2) is 5.82 Å². The molecule has 76 valence electrons. The maximum atomic E-state index is 13.3. The lowest BCUT2D eigenvalue weighted by Gasteiger charge is -2.25. The van der Waals surface area contributed by atoms with Gasteiger partial charge in [-0.2, -0.15) is 0 Å². The highest BCUT2D eigenvalue weighted by atomic mass is 19.1. The molecule has 0 atom stereocenters. The molecule has 0 saturated heterocycles. The van der Waals surface area contributed by atoms with Gasteiger partial charge in [0.25, 0.3) is 0 Å². The maximum Gasteiger partial charge on any atom is 0.163 e. The summed E-state index contributed by atoms with van der Waals surface area (Å²) < 4.78 is 13.3. The molecule has 2 N–H and O–H groups in total. The predicted octanol–water partition coefficient (Wildman–Crippen LogP) is 1.38. The average molecular weight is 195 g/mol. The molecule has 1 heterocycles. The van der Waals surface area contributed by atoms with E-state index in [9.17, 15) is 4.39 Å². The minimum Gasteiger partial charge on any atom is -0.330 e. The number of nitrogens with two attached hydrogens (primary N) is 1. The molecular formula is C10H14FN3. The van der Waals surface area contributed by atoms with E-state index in [-0.39, 0.29) is 5.82 Å².